The molecule has 0 unspecified atom stereocenters. The number of amides is 2. The van der Waals surface area contributed by atoms with E-state index in [0.29, 0.717) is 16.9 Å². The Morgan fingerprint density at radius 1 is 1.38 bits per heavy atom. The molecule has 0 aliphatic carbocycles. The third kappa shape index (κ3) is 4.81. The van der Waals surface area contributed by atoms with Crippen LogP contribution in [0.15, 0.2) is 41.0 Å². The summed E-state index contributed by atoms with van der Waals surface area (Å²) in [5.74, 6) is -0.0177. The van der Waals surface area contributed by atoms with E-state index >= 15 is 0 Å². The normalized spacial score (nSPS) is 13.3. The molecule has 0 saturated carbocycles. The number of carbonyl (C=O) groups is 1. The molecular weight excluding hydrogens is 315 g/mol. The van der Waals surface area contributed by atoms with Crippen LogP contribution in [0.1, 0.15) is 23.8 Å². The number of aliphatic hydroxyl groups is 1. The van der Waals surface area contributed by atoms with E-state index in [0.717, 1.165) is 0 Å². The number of halogens is 1. The number of benzene rings is 1. The van der Waals surface area contributed by atoms with E-state index in [-0.39, 0.29) is 25.5 Å². The lowest BCUT2D eigenvalue weighted by Gasteiger charge is -2.21. The van der Waals surface area contributed by atoms with E-state index in [1.54, 1.807) is 24.3 Å². The Morgan fingerprint density at radius 3 is 2.79 bits per heavy atom. The highest BCUT2D eigenvalue weighted by molar-refractivity contribution is 5.73. The zero-order valence-corrected chi connectivity index (χ0v) is 13.6. The van der Waals surface area contributed by atoms with Crippen LogP contribution in [0.3, 0.4) is 0 Å². The number of furan rings is 1. The van der Waals surface area contributed by atoms with Crippen molar-refractivity contribution in [3.63, 3.8) is 0 Å². The van der Waals surface area contributed by atoms with Gasteiger partial charge in [0.05, 0.1) is 19.4 Å². The van der Waals surface area contributed by atoms with Crippen molar-refractivity contribution in [1.82, 2.24) is 10.6 Å². The Bertz CT molecular complexity index is 671. The Labute approximate surface area is 139 Å². The second-order valence-corrected chi connectivity index (χ2v) is 5.65. The van der Waals surface area contributed by atoms with Gasteiger partial charge < -0.3 is 24.9 Å². The number of rotatable bonds is 7. The van der Waals surface area contributed by atoms with Gasteiger partial charge >= 0.3 is 6.03 Å². The molecule has 0 radical (unpaired) electrons. The number of ether oxygens (including phenoxy) is 1. The van der Waals surface area contributed by atoms with E-state index in [2.05, 4.69) is 10.6 Å². The van der Waals surface area contributed by atoms with Crippen molar-refractivity contribution in [2.45, 2.75) is 25.7 Å². The molecule has 7 heteroatoms. The average Bonchev–Trinajstić information content (AvgIpc) is 3.09. The van der Waals surface area contributed by atoms with E-state index in [4.69, 9.17) is 9.15 Å². The maximum Gasteiger partial charge on any atom is 0.315 e. The third-order valence-electron chi connectivity index (χ3n) is 3.52. The molecule has 1 heterocycles. The Hall–Kier alpha value is -2.38. The fourth-order valence-corrected chi connectivity index (χ4v) is 2.14. The van der Waals surface area contributed by atoms with Crippen LogP contribution in [0.5, 0.6) is 0 Å². The Balaban J connectivity index is 1.82. The van der Waals surface area contributed by atoms with Crippen LogP contribution in [-0.4, -0.2) is 24.8 Å². The highest BCUT2D eigenvalue weighted by Gasteiger charge is 2.26. The molecule has 0 saturated heterocycles. The molecule has 0 fully saturated rings. The fourth-order valence-electron chi connectivity index (χ4n) is 2.14. The minimum absolute atomic E-state index is 0.0204. The monoisotopic (exact) mass is 336 g/mol. The highest BCUT2D eigenvalue weighted by atomic mass is 19.1. The number of nitrogens with one attached hydrogen (secondary N) is 2. The molecule has 1 aromatic heterocycles. The lowest BCUT2D eigenvalue weighted by molar-refractivity contribution is 0.0367. The smallest absolute Gasteiger partial charge is 0.315 e. The lowest BCUT2D eigenvalue weighted by atomic mass is 10.0. The largest absolute Gasteiger partial charge is 0.466 e. The van der Waals surface area contributed by atoms with Crippen LogP contribution < -0.4 is 10.6 Å². The van der Waals surface area contributed by atoms with Crippen molar-refractivity contribution in [3.05, 3.63) is 59.3 Å². The van der Waals surface area contributed by atoms with E-state index in [9.17, 15) is 14.3 Å². The van der Waals surface area contributed by atoms with Gasteiger partial charge in [-0.15, -0.1) is 0 Å². The third-order valence-corrected chi connectivity index (χ3v) is 3.52. The van der Waals surface area contributed by atoms with Gasteiger partial charge in [-0.3, -0.25) is 0 Å². The standard InChI is InChI=1S/C17H21FN2O4/c1-17(22,15-4-3-7-24-15)11-20-16(21)19-9-12-5-6-13(10-23-2)14(18)8-12/h3-8,22H,9-11H2,1-2H3,(H2,19,20,21)/t17-/m1/s1. The molecule has 0 bridgehead atoms. The lowest BCUT2D eigenvalue weighted by Crippen LogP contribution is -2.43. The first-order chi connectivity index (χ1) is 11.4. The maximum atomic E-state index is 13.8. The summed E-state index contributed by atoms with van der Waals surface area (Å²) in [7, 11) is 1.50. The summed E-state index contributed by atoms with van der Waals surface area (Å²) in [6.07, 6.45) is 1.45. The van der Waals surface area contributed by atoms with E-state index in [1.165, 1.54) is 26.4 Å². The van der Waals surface area contributed by atoms with E-state index in [1.807, 2.05) is 0 Å². The summed E-state index contributed by atoms with van der Waals surface area (Å²) in [5.41, 5.74) is -0.227. The van der Waals surface area contributed by atoms with Crippen molar-refractivity contribution >= 4 is 6.03 Å². The molecule has 3 N–H and O–H groups in total. The van der Waals surface area contributed by atoms with Crippen molar-refractivity contribution in [3.8, 4) is 0 Å². The van der Waals surface area contributed by atoms with Crippen LogP contribution in [0, 0.1) is 5.82 Å². The van der Waals surface area contributed by atoms with Crippen LogP contribution in [0.2, 0.25) is 0 Å². The number of hydrogen-bond acceptors (Lipinski definition) is 4. The molecule has 130 valence electrons. The van der Waals surface area contributed by atoms with Gasteiger partial charge in [-0.2, -0.15) is 0 Å². The first-order valence-corrected chi connectivity index (χ1v) is 7.46. The molecule has 2 aromatic rings. The van der Waals surface area contributed by atoms with Gasteiger partial charge in [0.15, 0.2) is 0 Å². The highest BCUT2D eigenvalue weighted by Crippen LogP contribution is 2.19. The Morgan fingerprint density at radius 2 is 2.17 bits per heavy atom. The summed E-state index contributed by atoms with van der Waals surface area (Å²) >= 11 is 0. The van der Waals surface area contributed by atoms with Crippen LogP contribution in [0.4, 0.5) is 9.18 Å². The van der Waals surface area contributed by atoms with Gasteiger partial charge in [0.2, 0.25) is 0 Å². The van der Waals surface area contributed by atoms with Gasteiger partial charge in [0, 0.05) is 19.2 Å². The van der Waals surface area contributed by atoms with Gasteiger partial charge in [0.25, 0.3) is 0 Å². The minimum Gasteiger partial charge on any atom is -0.466 e. The average molecular weight is 336 g/mol. The number of urea groups is 1. The Kier molecular flexibility index (Phi) is 5.94. The number of hydrogen-bond donors (Lipinski definition) is 3. The van der Waals surface area contributed by atoms with Crippen LogP contribution in [0.25, 0.3) is 0 Å². The van der Waals surface area contributed by atoms with Gasteiger partial charge in [0.1, 0.15) is 17.2 Å². The maximum absolute atomic E-state index is 13.8. The van der Waals surface area contributed by atoms with Crippen LogP contribution >= 0.6 is 0 Å². The molecule has 2 amide bonds. The fraction of sp³-hybridized carbons (Fsp3) is 0.353. The quantitative estimate of drug-likeness (QED) is 0.724. The zero-order valence-electron chi connectivity index (χ0n) is 13.6. The molecule has 0 aliphatic heterocycles. The summed E-state index contributed by atoms with van der Waals surface area (Å²) in [6.45, 7) is 1.88. The molecule has 2 rings (SSSR count). The van der Waals surface area contributed by atoms with E-state index < -0.39 is 11.6 Å². The summed E-state index contributed by atoms with van der Waals surface area (Å²) in [4.78, 5) is 11.8. The van der Waals surface area contributed by atoms with Crippen molar-refractivity contribution in [2.75, 3.05) is 13.7 Å². The number of methoxy groups -OCH3 is 1. The molecule has 1 atom stereocenters. The topological polar surface area (TPSA) is 83.7 Å². The van der Waals surface area contributed by atoms with Gasteiger partial charge in [-0.1, -0.05) is 12.1 Å². The first kappa shape index (κ1) is 18.0. The molecule has 1 aromatic carbocycles. The second-order valence-electron chi connectivity index (χ2n) is 5.65. The minimum atomic E-state index is -1.31. The predicted molar refractivity (Wildman–Crippen MR) is 85.6 cm³/mol. The van der Waals surface area contributed by atoms with Gasteiger partial charge in [-0.05, 0) is 30.7 Å². The molecule has 24 heavy (non-hydrogen) atoms. The molecule has 0 spiro atoms. The predicted octanol–water partition coefficient (Wildman–Crippen LogP) is 2.27. The summed E-state index contributed by atoms with van der Waals surface area (Å²) in [6, 6.07) is 7.51. The number of carbonyl (C=O) groups excluding carboxylic acids is 1. The van der Waals surface area contributed by atoms with Gasteiger partial charge in [-0.25, -0.2) is 9.18 Å². The van der Waals surface area contributed by atoms with Crippen molar-refractivity contribution in [1.29, 1.82) is 0 Å². The molecule has 0 aliphatic rings. The summed E-state index contributed by atoms with van der Waals surface area (Å²) in [5, 5.41) is 15.4. The zero-order chi connectivity index (χ0) is 17.6. The first-order valence-electron chi connectivity index (χ1n) is 7.46. The van der Waals surface area contributed by atoms with Crippen LogP contribution in [-0.2, 0) is 23.5 Å². The molecular formula is C17H21FN2O4. The SMILES string of the molecule is COCc1ccc(CNC(=O)NC[C@@](C)(O)c2ccco2)cc1F. The second kappa shape index (κ2) is 7.94. The summed E-state index contributed by atoms with van der Waals surface area (Å²) < 4.78 is 23.8. The van der Waals surface area contributed by atoms with Crippen molar-refractivity contribution in [2.24, 2.45) is 0 Å². The molecule has 6 nitrogen and oxygen atoms in total. The van der Waals surface area contributed by atoms with Crippen molar-refractivity contribution < 1.29 is 23.4 Å².